The van der Waals surface area contributed by atoms with Crippen molar-refractivity contribution in [3.8, 4) is 0 Å². The van der Waals surface area contributed by atoms with Crippen molar-refractivity contribution in [1.82, 2.24) is 9.88 Å². The average molecular weight is 264 g/mol. The SMILES string of the molecule is CCN(C(=O)CCc1ccncc1)C(C)(C)C(=O)O. The minimum Gasteiger partial charge on any atom is -0.480 e. The number of aryl methyl sites for hydroxylation is 1. The first-order chi connectivity index (χ1) is 8.89. The normalized spacial score (nSPS) is 11.1. The fraction of sp³-hybridized carbons (Fsp3) is 0.500. The highest BCUT2D eigenvalue weighted by molar-refractivity contribution is 5.86. The summed E-state index contributed by atoms with van der Waals surface area (Å²) in [5.74, 6) is -1.14. The molecule has 1 amide bonds. The van der Waals surface area contributed by atoms with E-state index in [2.05, 4.69) is 4.98 Å². The molecule has 0 aromatic carbocycles. The van der Waals surface area contributed by atoms with Gasteiger partial charge in [-0.1, -0.05) is 0 Å². The van der Waals surface area contributed by atoms with Gasteiger partial charge < -0.3 is 10.0 Å². The summed E-state index contributed by atoms with van der Waals surface area (Å²) in [6.07, 6.45) is 4.25. The molecular formula is C14H20N2O3. The lowest BCUT2D eigenvalue weighted by atomic mass is 10.0. The number of likely N-dealkylation sites (N-methyl/N-ethyl adjacent to an activating group) is 1. The van der Waals surface area contributed by atoms with E-state index in [0.717, 1.165) is 5.56 Å². The lowest BCUT2D eigenvalue weighted by Crippen LogP contribution is -2.52. The molecule has 1 heterocycles. The highest BCUT2D eigenvalue weighted by Gasteiger charge is 2.36. The number of hydrogen-bond acceptors (Lipinski definition) is 3. The third-order valence-electron chi connectivity index (χ3n) is 3.19. The standard InChI is InChI=1S/C14H20N2O3/c1-4-16(14(2,3)13(18)19)12(17)6-5-11-7-9-15-10-8-11/h7-10H,4-6H2,1-3H3,(H,18,19). The van der Waals surface area contributed by atoms with Crippen LogP contribution in [0.15, 0.2) is 24.5 Å². The van der Waals surface area contributed by atoms with Crippen molar-refractivity contribution < 1.29 is 14.7 Å². The molecule has 5 nitrogen and oxygen atoms in total. The van der Waals surface area contributed by atoms with E-state index >= 15 is 0 Å². The van der Waals surface area contributed by atoms with Crippen LogP contribution in [0.5, 0.6) is 0 Å². The van der Waals surface area contributed by atoms with Crippen LogP contribution < -0.4 is 0 Å². The second-order valence-electron chi connectivity index (χ2n) is 4.86. The number of carbonyl (C=O) groups is 2. The van der Waals surface area contributed by atoms with E-state index in [4.69, 9.17) is 0 Å². The molecule has 19 heavy (non-hydrogen) atoms. The molecule has 0 bridgehead atoms. The molecule has 0 unspecified atom stereocenters. The van der Waals surface area contributed by atoms with Crippen LogP contribution in [0.2, 0.25) is 0 Å². The quantitative estimate of drug-likeness (QED) is 0.849. The lowest BCUT2D eigenvalue weighted by molar-refractivity contribution is -0.156. The Balaban J connectivity index is 2.68. The van der Waals surface area contributed by atoms with Crippen molar-refractivity contribution in [3.63, 3.8) is 0 Å². The number of carbonyl (C=O) groups excluding carboxylic acids is 1. The predicted octanol–water partition coefficient (Wildman–Crippen LogP) is 1.73. The minimum atomic E-state index is -1.18. The zero-order valence-electron chi connectivity index (χ0n) is 11.6. The Morgan fingerprint density at radius 3 is 2.37 bits per heavy atom. The molecule has 0 fully saturated rings. The van der Waals surface area contributed by atoms with Crippen molar-refractivity contribution in [2.45, 2.75) is 39.2 Å². The van der Waals surface area contributed by atoms with Crippen LogP contribution >= 0.6 is 0 Å². The van der Waals surface area contributed by atoms with Gasteiger partial charge in [-0.25, -0.2) is 4.79 Å². The maximum Gasteiger partial charge on any atom is 0.329 e. The molecule has 1 N–H and O–H groups in total. The molecule has 0 saturated carbocycles. The summed E-state index contributed by atoms with van der Waals surface area (Å²) in [7, 11) is 0. The van der Waals surface area contributed by atoms with Gasteiger partial charge in [0.15, 0.2) is 0 Å². The summed E-state index contributed by atoms with van der Waals surface area (Å²) >= 11 is 0. The molecule has 0 saturated heterocycles. The Morgan fingerprint density at radius 1 is 1.32 bits per heavy atom. The molecular weight excluding hydrogens is 244 g/mol. The molecule has 0 aliphatic rings. The van der Waals surface area contributed by atoms with Gasteiger partial charge in [-0.15, -0.1) is 0 Å². The highest BCUT2D eigenvalue weighted by atomic mass is 16.4. The Hall–Kier alpha value is -1.91. The van der Waals surface area contributed by atoms with Crippen LogP contribution in [-0.4, -0.2) is 39.0 Å². The van der Waals surface area contributed by atoms with E-state index in [1.54, 1.807) is 33.2 Å². The summed E-state index contributed by atoms with van der Waals surface area (Å²) in [6.45, 7) is 5.26. The number of carboxylic acids is 1. The van der Waals surface area contributed by atoms with Gasteiger partial charge in [0.05, 0.1) is 0 Å². The van der Waals surface area contributed by atoms with E-state index in [-0.39, 0.29) is 5.91 Å². The van der Waals surface area contributed by atoms with Gasteiger partial charge in [0.2, 0.25) is 5.91 Å². The summed E-state index contributed by atoms with van der Waals surface area (Å²) < 4.78 is 0. The van der Waals surface area contributed by atoms with E-state index in [1.807, 2.05) is 12.1 Å². The van der Waals surface area contributed by atoms with Crippen LogP contribution in [0.25, 0.3) is 0 Å². The zero-order valence-corrected chi connectivity index (χ0v) is 11.6. The first-order valence-electron chi connectivity index (χ1n) is 6.32. The van der Waals surface area contributed by atoms with Gasteiger partial charge in [0.25, 0.3) is 0 Å². The van der Waals surface area contributed by atoms with E-state index in [0.29, 0.717) is 19.4 Å². The first-order valence-corrected chi connectivity index (χ1v) is 6.32. The molecule has 0 radical (unpaired) electrons. The second-order valence-corrected chi connectivity index (χ2v) is 4.86. The van der Waals surface area contributed by atoms with Gasteiger partial charge in [-0.3, -0.25) is 9.78 Å². The summed E-state index contributed by atoms with van der Waals surface area (Å²) in [4.78, 5) is 28.7. The maximum atomic E-state index is 12.1. The summed E-state index contributed by atoms with van der Waals surface area (Å²) in [5, 5.41) is 9.17. The maximum absolute atomic E-state index is 12.1. The molecule has 0 spiro atoms. The van der Waals surface area contributed by atoms with Gasteiger partial charge in [-0.05, 0) is 44.9 Å². The zero-order chi connectivity index (χ0) is 14.5. The second kappa shape index (κ2) is 6.31. The Bertz CT molecular complexity index is 443. The van der Waals surface area contributed by atoms with Gasteiger partial charge >= 0.3 is 5.97 Å². The molecule has 1 aromatic heterocycles. The van der Waals surface area contributed by atoms with E-state index in [1.165, 1.54) is 4.90 Å². The van der Waals surface area contributed by atoms with Crippen LogP contribution in [0.4, 0.5) is 0 Å². The largest absolute Gasteiger partial charge is 0.480 e. The minimum absolute atomic E-state index is 0.147. The predicted molar refractivity (Wildman–Crippen MR) is 71.7 cm³/mol. The van der Waals surface area contributed by atoms with Crippen molar-refractivity contribution in [1.29, 1.82) is 0 Å². The number of pyridine rings is 1. The third-order valence-corrected chi connectivity index (χ3v) is 3.19. The van der Waals surface area contributed by atoms with Crippen LogP contribution in [0.3, 0.4) is 0 Å². The molecule has 5 heteroatoms. The fourth-order valence-corrected chi connectivity index (χ4v) is 1.93. The average Bonchev–Trinajstić information content (AvgIpc) is 2.38. The van der Waals surface area contributed by atoms with E-state index < -0.39 is 11.5 Å². The van der Waals surface area contributed by atoms with Crippen LogP contribution in [0.1, 0.15) is 32.8 Å². The lowest BCUT2D eigenvalue weighted by Gasteiger charge is -2.34. The smallest absolute Gasteiger partial charge is 0.329 e. The number of rotatable bonds is 6. The van der Waals surface area contributed by atoms with Crippen LogP contribution in [0, 0.1) is 0 Å². The topological polar surface area (TPSA) is 70.5 Å². The monoisotopic (exact) mass is 264 g/mol. The third kappa shape index (κ3) is 3.77. The van der Waals surface area contributed by atoms with Gasteiger partial charge in [0, 0.05) is 25.4 Å². The Labute approximate surface area is 113 Å². The summed E-state index contributed by atoms with van der Waals surface area (Å²) in [5.41, 5.74) is -0.156. The number of amides is 1. The molecule has 104 valence electrons. The first kappa shape index (κ1) is 15.1. The van der Waals surface area contributed by atoms with E-state index in [9.17, 15) is 14.7 Å². The number of carboxylic acid groups (broad SMARTS) is 1. The number of nitrogens with zero attached hydrogens (tertiary/aromatic N) is 2. The number of hydrogen-bond donors (Lipinski definition) is 1. The number of aromatic nitrogens is 1. The van der Waals surface area contributed by atoms with Gasteiger partial charge in [0.1, 0.15) is 5.54 Å². The Kier molecular flexibility index (Phi) is 5.03. The Morgan fingerprint density at radius 2 is 1.89 bits per heavy atom. The molecule has 0 aliphatic heterocycles. The van der Waals surface area contributed by atoms with Crippen molar-refractivity contribution in [2.24, 2.45) is 0 Å². The van der Waals surface area contributed by atoms with Gasteiger partial charge in [-0.2, -0.15) is 0 Å². The molecule has 1 rings (SSSR count). The van der Waals surface area contributed by atoms with Crippen molar-refractivity contribution >= 4 is 11.9 Å². The van der Waals surface area contributed by atoms with Crippen molar-refractivity contribution in [2.75, 3.05) is 6.54 Å². The fourth-order valence-electron chi connectivity index (χ4n) is 1.93. The molecule has 1 aromatic rings. The summed E-state index contributed by atoms with van der Waals surface area (Å²) in [6, 6.07) is 3.71. The van der Waals surface area contributed by atoms with Crippen LogP contribution in [-0.2, 0) is 16.0 Å². The molecule has 0 aliphatic carbocycles. The number of aliphatic carboxylic acids is 1. The van der Waals surface area contributed by atoms with Crippen molar-refractivity contribution in [3.05, 3.63) is 30.1 Å². The highest BCUT2D eigenvalue weighted by Crippen LogP contribution is 2.16. The molecule has 0 atom stereocenters.